The number of hydrogen-bond acceptors (Lipinski definition) is 4. The maximum atomic E-state index is 12.5. The summed E-state index contributed by atoms with van der Waals surface area (Å²) in [6, 6.07) is 11.4. The Bertz CT molecular complexity index is 804. The second kappa shape index (κ2) is 6.67. The van der Waals surface area contributed by atoms with Gasteiger partial charge in [0.25, 0.3) is 0 Å². The van der Waals surface area contributed by atoms with Gasteiger partial charge < -0.3 is 20.1 Å². The van der Waals surface area contributed by atoms with Crippen molar-refractivity contribution >= 4 is 17.3 Å². The van der Waals surface area contributed by atoms with E-state index in [4.69, 9.17) is 9.47 Å². The van der Waals surface area contributed by atoms with Crippen molar-refractivity contribution in [3.05, 3.63) is 47.5 Å². The van der Waals surface area contributed by atoms with Gasteiger partial charge in [0.2, 0.25) is 12.7 Å². The number of nitrogens with one attached hydrogen (secondary N) is 2. The van der Waals surface area contributed by atoms with Gasteiger partial charge in [0.15, 0.2) is 11.5 Å². The monoisotopic (exact) mass is 338 g/mol. The summed E-state index contributed by atoms with van der Waals surface area (Å²) in [5.74, 6) is 1.29. The lowest BCUT2D eigenvalue weighted by atomic mass is 9.90. The van der Waals surface area contributed by atoms with E-state index in [9.17, 15) is 4.79 Å². The molecule has 0 spiro atoms. The van der Waals surface area contributed by atoms with Gasteiger partial charge in [0.1, 0.15) is 6.04 Å². The first-order valence-corrected chi connectivity index (χ1v) is 8.78. The van der Waals surface area contributed by atoms with Gasteiger partial charge >= 0.3 is 0 Å². The number of benzene rings is 2. The van der Waals surface area contributed by atoms with Crippen molar-refractivity contribution in [3.63, 3.8) is 0 Å². The van der Waals surface area contributed by atoms with E-state index in [1.54, 1.807) is 6.07 Å². The highest BCUT2D eigenvalue weighted by molar-refractivity contribution is 5.96. The van der Waals surface area contributed by atoms with E-state index < -0.39 is 0 Å². The number of aryl methyl sites for hydroxylation is 1. The number of carbonyl (C=O) groups excluding carboxylic acids is 1. The molecule has 25 heavy (non-hydrogen) atoms. The van der Waals surface area contributed by atoms with E-state index >= 15 is 0 Å². The minimum atomic E-state index is -0.334. The fourth-order valence-electron chi connectivity index (χ4n) is 3.44. The lowest BCUT2D eigenvalue weighted by Gasteiger charge is -2.22. The molecular weight excluding hydrogens is 316 g/mol. The van der Waals surface area contributed by atoms with Crippen LogP contribution in [0.1, 0.15) is 30.9 Å². The number of rotatable bonds is 4. The third-order valence-electron chi connectivity index (χ3n) is 4.80. The fraction of sp³-hybridized carbons (Fsp3) is 0.350. The lowest BCUT2D eigenvalue weighted by molar-refractivity contribution is -0.116. The van der Waals surface area contributed by atoms with Crippen molar-refractivity contribution in [3.8, 4) is 11.5 Å². The molecule has 0 aromatic heterocycles. The van der Waals surface area contributed by atoms with Gasteiger partial charge in [0, 0.05) is 17.4 Å². The quantitative estimate of drug-likeness (QED) is 0.892. The Labute approximate surface area is 147 Å². The fourth-order valence-corrected chi connectivity index (χ4v) is 3.44. The zero-order chi connectivity index (χ0) is 17.2. The highest BCUT2D eigenvalue weighted by Crippen LogP contribution is 2.34. The van der Waals surface area contributed by atoms with E-state index in [1.165, 1.54) is 24.0 Å². The van der Waals surface area contributed by atoms with Gasteiger partial charge in [-0.3, -0.25) is 4.79 Å². The van der Waals surface area contributed by atoms with Crippen LogP contribution in [0.4, 0.5) is 11.4 Å². The van der Waals surface area contributed by atoms with Crippen LogP contribution in [0.3, 0.4) is 0 Å². The molecule has 0 unspecified atom stereocenters. The summed E-state index contributed by atoms with van der Waals surface area (Å²) >= 11 is 0. The molecular formula is C20H22N2O3. The number of ether oxygens (including phenoxy) is 2. The van der Waals surface area contributed by atoms with Crippen LogP contribution < -0.4 is 20.1 Å². The van der Waals surface area contributed by atoms with Crippen molar-refractivity contribution in [2.45, 2.75) is 38.6 Å². The molecule has 4 rings (SSSR count). The zero-order valence-electron chi connectivity index (χ0n) is 14.3. The number of fused-ring (bicyclic) bond motifs is 2. The van der Waals surface area contributed by atoms with E-state index in [-0.39, 0.29) is 18.7 Å². The predicted molar refractivity (Wildman–Crippen MR) is 97.4 cm³/mol. The maximum Gasteiger partial charge on any atom is 0.246 e. The molecule has 1 aliphatic carbocycles. The number of carbonyl (C=O) groups is 1. The second-order valence-electron chi connectivity index (χ2n) is 6.57. The van der Waals surface area contributed by atoms with Crippen LogP contribution in [0.25, 0.3) is 0 Å². The van der Waals surface area contributed by atoms with Crippen LogP contribution in [0.2, 0.25) is 0 Å². The van der Waals surface area contributed by atoms with Gasteiger partial charge in [0.05, 0.1) is 0 Å². The van der Waals surface area contributed by atoms with Gasteiger partial charge in [-0.2, -0.15) is 0 Å². The van der Waals surface area contributed by atoms with E-state index in [0.717, 1.165) is 18.5 Å². The number of hydrogen-bond donors (Lipinski definition) is 2. The van der Waals surface area contributed by atoms with Crippen molar-refractivity contribution in [1.29, 1.82) is 0 Å². The Hall–Kier alpha value is -2.69. The van der Waals surface area contributed by atoms with Gasteiger partial charge in [-0.15, -0.1) is 0 Å². The van der Waals surface area contributed by atoms with Crippen molar-refractivity contribution in [2.75, 3.05) is 17.4 Å². The SMILES string of the molecule is C[C@H](Nc1cccc2c1CCCC2)C(=O)Nc1ccc2c(c1)OCO2. The van der Waals surface area contributed by atoms with Crippen molar-refractivity contribution < 1.29 is 14.3 Å². The smallest absolute Gasteiger partial charge is 0.246 e. The molecule has 1 amide bonds. The topological polar surface area (TPSA) is 59.6 Å². The highest BCUT2D eigenvalue weighted by Gasteiger charge is 2.19. The summed E-state index contributed by atoms with van der Waals surface area (Å²) in [7, 11) is 0. The molecule has 2 N–H and O–H groups in total. The summed E-state index contributed by atoms with van der Waals surface area (Å²) in [4.78, 5) is 12.5. The third-order valence-corrected chi connectivity index (χ3v) is 4.80. The van der Waals surface area contributed by atoms with Crippen molar-refractivity contribution in [2.24, 2.45) is 0 Å². The average molecular weight is 338 g/mol. The molecule has 2 aliphatic rings. The van der Waals surface area contributed by atoms with Crippen LogP contribution in [-0.2, 0) is 17.6 Å². The largest absolute Gasteiger partial charge is 0.454 e. The molecule has 130 valence electrons. The average Bonchev–Trinajstić information content (AvgIpc) is 3.10. The van der Waals surface area contributed by atoms with Crippen LogP contribution >= 0.6 is 0 Å². The molecule has 0 saturated carbocycles. The Morgan fingerprint density at radius 2 is 1.92 bits per heavy atom. The standard InChI is InChI=1S/C20H22N2O3/c1-13(21-17-8-4-6-14-5-2-3-7-16(14)17)20(23)22-15-9-10-18-19(11-15)25-12-24-18/h4,6,8-11,13,21H,2-3,5,7,12H2,1H3,(H,22,23)/t13-/m0/s1. The molecule has 1 atom stereocenters. The Kier molecular flexibility index (Phi) is 4.22. The van der Waals surface area contributed by atoms with Gasteiger partial charge in [-0.05, 0) is 61.9 Å². The molecule has 0 fully saturated rings. The molecule has 2 aromatic carbocycles. The van der Waals surface area contributed by atoms with E-state index in [1.807, 2.05) is 19.1 Å². The summed E-state index contributed by atoms with van der Waals surface area (Å²) in [6.07, 6.45) is 4.66. The molecule has 2 aromatic rings. The molecule has 5 heteroatoms. The van der Waals surface area contributed by atoms with E-state index in [2.05, 4.69) is 28.8 Å². The summed E-state index contributed by atoms with van der Waals surface area (Å²) in [6.45, 7) is 2.11. The lowest BCUT2D eigenvalue weighted by Crippen LogP contribution is -2.32. The normalized spacial score (nSPS) is 16.0. The molecule has 1 aliphatic heterocycles. The summed E-state index contributed by atoms with van der Waals surface area (Å²) in [5.41, 5.74) is 4.54. The highest BCUT2D eigenvalue weighted by atomic mass is 16.7. The van der Waals surface area contributed by atoms with Crippen LogP contribution in [0.5, 0.6) is 11.5 Å². The Morgan fingerprint density at radius 3 is 2.84 bits per heavy atom. The minimum absolute atomic E-state index is 0.0766. The first-order valence-electron chi connectivity index (χ1n) is 8.78. The number of amides is 1. The molecule has 1 heterocycles. The van der Waals surface area contributed by atoms with Crippen LogP contribution in [0, 0.1) is 0 Å². The third kappa shape index (κ3) is 3.27. The molecule has 0 saturated heterocycles. The van der Waals surface area contributed by atoms with Crippen molar-refractivity contribution in [1.82, 2.24) is 0 Å². The first kappa shape index (κ1) is 15.8. The summed E-state index contributed by atoms with van der Waals surface area (Å²) in [5, 5.41) is 6.31. The zero-order valence-corrected chi connectivity index (χ0v) is 14.3. The van der Waals surface area contributed by atoms with E-state index in [0.29, 0.717) is 17.2 Å². The van der Waals surface area contributed by atoms with Crippen LogP contribution in [-0.4, -0.2) is 18.7 Å². The van der Waals surface area contributed by atoms with Crippen LogP contribution in [0.15, 0.2) is 36.4 Å². The molecule has 5 nitrogen and oxygen atoms in total. The molecule has 0 bridgehead atoms. The molecule has 0 radical (unpaired) electrons. The maximum absolute atomic E-state index is 12.5. The van der Waals surface area contributed by atoms with Gasteiger partial charge in [-0.25, -0.2) is 0 Å². The first-order chi connectivity index (χ1) is 12.2. The predicted octanol–water partition coefficient (Wildman–Crippen LogP) is 3.73. The van der Waals surface area contributed by atoms with Gasteiger partial charge in [-0.1, -0.05) is 12.1 Å². The Balaban J connectivity index is 1.44. The number of anilines is 2. The second-order valence-corrected chi connectivity index (χ2v) is 6.57. The minimum Gasteiger partial charge on any atom is -0.454 e. The summed E-state index contributed by atoms with van der Waals surface area (Å²) < 4.78 is 10.6. The Morgan fingerprint density at radius 1 is 1.08 bits per heavy atom.